The van der Waals surface area contributed by atoms with E-state index in [4.69, 9.17) is 5.73 Å². The van der Waals surface area contributed by atoms with Gasteiger partial charge in [-0.05, 0) is 12.1 Å². The van der Waals surface area contributed by atoms with Gasteiger partial charge in [0.1, 0.15) is 5.82 Å². The Balaban J connectivity index is 2.16. The Morgan fingerprint density at radius 2 is 1.81 bits per heavy atom. The molecule has 108 valence electrons. The van der Waals surface area contributed by atoms with Crippen LogP contribution in [-0.2, 0) is 17.1 Å². The van der Waals surface area contributed by atoms with Gasteiger partial charge in [-0.15, -0.1) is 0 Å². The van der Waals surface area contributed by atoms with Gasteiger partial charge in [0.15, 0.2) is 0 Å². The molecule has 0 spiro atoms. The summed E-state index contributed by atoms with van der Waals surface area (Å²) >= 11 is 0. The third kappa shape index (κ3) is 2.31. The van der Waals surface area contributed by atoms with Crippen molar-refractivity contribution in [2.45, 2.75) is 4.90 Å². The molecule has 0 saturated carbocycles. The van der Waals surface area contributed by atoms with Gasteiger partial charge >= 0.3 is 0 Å². The predicted octanol–water partition coefficient (Wildman–Crippen LogP) is 1.96. The molecule has 0 fully saturated rings. The monoisotopic (exact) mass is 302 g/mol. The van der Waals surface area contributed by atoms with Gasteiger partial charge in [-0.2, -0.15) is 5.10 Å². The first-order valence-corrected chi connectivity index (χ1v) is 7.75. The molecule has 0 aliphatic carbocycles. The molecule has 0 unspecified atom stereocenters. The lowest BCUT2D eigenvalue weighted by Gasteiger charge is -2.11. The van der Waals surface area contributed by atoms with E-state index in [0.717, 1.165) is 0 Å². The highest BCUT2D eigenvalue weighted by molar-refractivity contribution is 7.93. The van der Waals surface area contributed by atoms with Crippen molar-refractivity contribution in [2.75, 3.05) is 10.5 Å². The molecule has 0 aliphatic rings. The van der Waals surface area contributed by atoms with Crippen molar-refractivity contribution < 1.29 is 8.42 Å². The van der Waals surface area contributed by atoms with E-state index in [1.54, 1.807) is 37.4 Å². The molecule has 3 N–H and O–H groups in total. The smallest absolute Gasteiger partial charge is 0.263 e. The summed E-state index contributed by atoms with van der Waals surface area (Å²) in [5.74, 6) is 0.399. The summed E-state index contributed by atoms with van der Waals surface area (Å²) < 4.78 is 29.1. The second-order valence-electron chi connectivity index (χ2n) is 4.64. The van der Waals surface area contributed by atoms with Crippen LogP contribution in [0.2, 0.25) is 0 Å². The highest BCUT2D eigenvalue weighted by Crippen LogP contribution is 2.28. The molecule has 0 atom stereocenters. The summed E-state index contributed by atoms with van der Waals surface area (Å²) in [6.45, 7) is 0. The number of aromatic nitrogens is 2. The first-order valence-electron chi connectivity index (χ1n) is 6.27. The highest BCUT2D eigenvalue weighted by atomic mass is 32.2. The molecule has 0 amide bonds. The molecular formula is C14H14N4O2S. The molecule has 21 heavy (non-hydrogen) atoms. The topological polar surface area (TPSA) is 90.0 Å². The SMILES string of the molecule is Cn1nccc1NS(=O)(=O)c1ccc(N)c2ccccc12. The number of nitrogen functional groups attached to an aromatic ring is 1. The quantitative estimate of drug-likeness (QED) is 0.724. The van der Waals surface area contributed by atoms with Gasteiger partial charge in [-0.25, -0.2) is 8.42 Å². The van der Waals surface area contributed by atoms with Gasteiger partial charge in [0.2, 0.25) is 0 Å². The number of nitrogens with zero attached hydrogens (tertiary/aromatic N) is 2. The Kier molecular flexibility index (Phi) is 3.06. The summed E-state index contributed by atoms with van der Waals surface area (Å²) in [7, 11) is -2.05. The summed E-state index contributed by atoms with van der Waals surface area (Å²) in [4.78, 5) is 0.188. The van der Waals surface area contributed by atoms with E-state index in [9.17, 15) is 8.42 Å². The first kappa shape index (κ1) is 13.4. The number of hydrogen-bond acceptors (Lipinski definition) is 4. The van der Waals surface area contributed by atoms with Crippen molar-refractivity contribution in [1.82, 2.24) is 9.78 Å². The number of benzene rings is 2. The molecule has 0 aliphatic heterocycles. The van der Waals surface area contributed by atoms with Crippen molar-refractivity contribution in [2.24, 2.45) is 7.05 Å². The number of hydrogen-bond donors (Lipinski definition) is 2. The molecule has 7 heteroatoms. The summed E-state index contributed by atoms with van der Waals surface area (Å²) in [6.07, 6.45) is 1.53. The van der Waals surface area contributed by atoms with E-state index in [1.165, 1.54) is 16.9 Å². The van der Waals surface area contributed by atoms with E-state index in [1.807, 2.05) is 6.07 Å². The molecule has 0 radical (unpaired) electrons. The lowest BCUT2D eigenvalue weighted by molar-refractivity contribution is 0.601. The maximum Gasteiger partial charge on any atom is 0.263 e. The van der Waals surface area contributed by atoms with Crippen LogP contribution in [0.25, 0.3) is 10.8 Å². The zero-order valence-corrected chi connectivity index (χ0v) is 12.1. The van der Waals surface area contributed by atoms with Gasteiger partial charge in [0.25, 0.3) is 10.0 Å². The standard InChI is InChI=1S/C14H14N4O2S/c1-18-14(8-9-16-18)17-21(19,20)13-7-6-12(15)10-4-2-3-5-11(10)13/h2-9,17H,15H2,1H3. The van der Waals surface area contributed by atoms with Crippen LogP contribution in [0.1, 0.15) is 0 Å². The molecule has 1 aromatic heterocycles. The largest absolute Gasteiger partial charge is 0.398 e. The Hall–Kier alpha value is -2.54. The molecule has 1 heterocycles. The molecule has 6 nitrogen and oxygen atoms in total. The molecular weight excluding hydrogens is 288 g/mol. The van der Waals surface area contributed by atoms with Crippen molar-refractivity contribution in [3.8, 4) is 0 Å². The van der Waals surface area contributed by atoms with Crippen LogP contribution in [0.4, 0.5) is 11.5 Å². The number of fused-ring (bicyclic) bond motifs is 1. The van der Waals surface area contributed by atoms with Gasteiger partial charge in [-0.1, -0.05) is 24.3 Å². The van der Waals surface area contributed by atoms with Crippen LogP contribution in [0.15, 0.2) is 53.6 Å². The number of rotatable bonds is 3. The fourth-order valence-electron chi connectivity index (χ4n) is 2.20. The Bertz CT molecular complexity index is 916. The summed E-state index contributed by atoms with van der Waals surface area (Å²) in [5, 5.41) is 5.24. The van der Waals surface area contributed by atoms with E-state index in [2.05, 4.69) is 9.82 Å². The van der Waals surface area contributed by atoms with E-state index in [-0.39, 0.29) is 4.90 Å². The Labute approximate surface area is 122 Å². The Morgan fingerprint density at radius 1 is 1.10 bits per heavy atom. The zero-order chi connectivity index (χ0) is 15.0. The van der Waals surface area contributed by atoms with E-state index in [0.29, 0.717) is 22.3 Å². The zero-order valence-electron chi connectivity index (χ0n) is 11.3. The average molecular weight is 302 g/mol. The van der Waals surface area contributed by atoms with Crippen LogP contribution < -0.4 is 10.5 Å². The lowest BCUT2D eigenvalue weighted by Crippen LogP contribution is -2.16. The number of nitrogens with one attached hydrogen (secondary N) is 1. The number of aryl methyl sites for hydroxylation is 1. The fraction of sp³-hybridized carbons (Fsp3) is 0.0714. The first-order chi connectivity index (χ1) is 9.99. The predicted molar refractivity (Wildman–Crippen MR) is 82.4 cm³/mol. The highest BCUT2D eigenvalue weighted by Gasteiger charge is 2.19. The van der Waals surface area contributed by atoms with Gasteiger partial charge in [-0.3, -0.25) is 9.40 Å². The molecule has 3 rings (SSSR count). The Morgan fingerprint density at radius 3 is 2.48 bits per heavy atom. The number of anilines is 2. The minimum Gasteiger partial charge on any atom is -0.398 e. The van der Waals surface area contributed by atoms with E-state index < -0.39 is 10.0 Å². The number of nitrogens with two attached hydrogens (primary N) is 1. The fourth-order valence-corrected chi connectivity index (χ4v) is 3.50. The molecule has 2 aromatic carbocycles. The van der Waals surface area contributed by atoms with Crippen molar-refractivity contribution in [1.29, 1.82) is 0 Å². The second kappa shape index (κ2) is 4.78. The summed E-state index contributed by atoms with van der Waals surface area (Å²) in [5.41, 5.74) is 6.45. The minimum absolute atomic E-state index is 0.188. The van der Waals surface area contributed by atoms with Crippen LogP contribution in [-0.4, -0.2) is 18.2 Å². The van der Waals surface area contributed by atoms with Crippen LogP contribution in [0.5, 0.6) is 0 Å². The summed E-state index contributed by atoms with van der Waals surface area (Å²) in [6, 6.07) is 11.8. The van der Waals surface area contributed by atoms with Crippen molar-refractivity contribution in [3.63, 3.8) is 0 Å². The third-order valence-electron chi connectivity index (χ3n) is 3.27. The van der Waals surface area contributed by atoms with E-state index >= 15 is 0 Å². The van der Waals surface area contributed by atoms with Crippen LogP contribution in [0, 0.1) is 0 Å². The van der Waals surface area contributed by atoms with Crippen LogP contribution >= 0.6 is 0 Å². The molecule has 3 aromatic rings. The average Bonchev–Trinajstić information content (AvgIpc) is 2.84. The normalized spacial score (nSPS) is 11.7. The molecule has 0 saturated heterocycles. The lowest BCUT2D eigenvalue weighted by atomic mass is 10.1. The van der Waals surface area contributed by atoms with Gasteiger partial charge in [0.05, 0.1) is 11.1 Å². The maximum atomic E-state index is 12.6. The third-order valence-corrected chi connectivity index (χ3v) is 4.68. The van der Waals surface area contributed by atoms with Gasteiger partial charge in [0, 0.05) is 29.6 Å². The maximum absolute atomic E-state index is 12.6. The second-order valence-corrected chi connectivity index (χ2v) is 6.29. The van der Waals surface area contributed by atoms with Crippen LogP contribution in [0.3, 0.4) is 0 Å². The molecule has 0 bridgehead atoms. The van der Waals surface area contributed by atoms with Crippen molar-refractivity contribution >= 4 is 32.3 Å². The minimum atomic E-state index is -3.72. The van der Waals surface area contributed by atoms with Crippen molar-refractivity contribution in [3.05, 3.63) is 48.7 Å². The van der Waals surface area contributed by atoms with Gasteiger partial charge < -0.3 is 5.73 Å². The number of sulfonamides is 1.